The number of nitrogens with zero attached hydrogens (tertiary/aromatic N) is 1. The van der Waals surface area contributed by atoms with Crippen LogP contribution in [-0.4, -0.2) is 4.92 Å². The zero-order valence-electron chi connectivity index (χ0n) is 11.0. The van der Waals surface area contributed by atoms with Crippen LogP contribution in [0.5, 0.6) is 5.75 Å². The molecule has 0 N–H and O–H groups in total. The quantitative estimate of drug-likeness (QED) is 0.471. The first kappa shape index (κ1) is 14.3. The monoisotopic (exact) mass is 291 g/mol. The molecule has 0 aromatic heterocycles. The van der Waals surface area contributed by atoms with E-state index in [-0.39, 0.29) is 17.3 Å². The Morgan fingerprint density at radius 1 is 1.25 bits per heavy atom. The topological polar surface area (TPSA) is 52.4 Å². The second-order valence-corrected chi connectivity index (χ2v) is 4.68. The van der Waals surface area contributed by atoms with E-state index in [1.54, 1.807) is 12.1 Å². The van der Waals surface area contributed by atoms with Gasteiger partial charge in [0.05, 0.1) is 4.92 Å². The maximum Gasteiger partial charge on any atom is 0.311 e. The van der Waals surface area contributed by atoms with Crippen LogP contribution in [-0.2, 0) is 12.5 Å². The molecule has 2 aromatic carbocycles. The second-order valence-electron chi connectivity index (χ2n) is 4.41. The first-order valence-electron chi connectivity index (χ1n) is 6.12. The van der Waals surface area contributed by atoms with Crippen LogP contribution in [0.25, 0.3) is 0 Å². The van der Waals surface area contributed by atoms with Gasteiger partial charge in [-0.2, -0.15) is 0 Å². The van der Waals surface area contributed by atoms with Crippen molar-refractivity contribution >= 4 is 17.3 Å². The number of hydrogen-bond donors (Lipinski definition) is 0. The molecule has 0 fully saturated rings. The fraction of sp³-hybridized carbons (Fsp3) is 0.200. The van der Waals surface area contributed by atoms with E-state index < -0.39 is 4.92 Å². The second kappa shape index (κ2) is 6.39. The maximum atomic E-state index is 11.1. The van der Waals surface area contributed by atoms with E-state index in [4.69, 9.17) is 16.3 Å². The predicted octanol–water partition coefficient (Wildman–Crippen LogP) is 4.22. The third-order valence-electron chi connectivity index (χ3n) is 3.02. The van der Waals surface area contributed by atoms with Crippen LogP contribution in [0.1, 0.15) is 16.7 Å². The summed E-state index contributed by atoms with van der Waals surface area (Å²) in [5.41, 5.74) is 2.73. The third kappa shape index (κ3) is 3.27. The number of nitro benzene ring substituents is 1. The average molecular weight is 292 g/mol. The molecular formula is C15H14ClNO3. The lowest BCUT2D eigenvalue weighted by atomic mass is 10.1. The number of alkyl halides is 1. The van der Waals surface area contributed by atoms with Gasteiger partial charge >= 0.3 is 5.69 Å². The van der Waals surface area contributed by atoms with E-state index in [2.05, 4.69) is 0 Å². The van der Waals surface area contributed by atoms with Crippen molar-refractivity contribution in [1.82, 2.24) is 0 Å². The molecule has 0 aliphatic rings. The zero-order chi connectivity index (χ0) is 14.5. The molecule has 0 heterocycles. The first-order chi connectivity index (χ1) is 9.61. The van der Waals surface area contributed by atoms with Gasteiger partial charge in [0.15, 0.2) is 5.75 Å². The molecule has 0 atom stereocenters. The Morgan fingerprint density at radius 3 is 2.65 bits per heavy atom. The Balaban J connectivity index is 2.21. The molecule has 104 valence electrons. The molecule has 0 spiro atoms. The molecule has 0 aliphatic carbocycles. The number of hydrogen-bond acceptors (Lipinski definition) is 3. The normalized spacial score (nSPS) is 10.3. The SMILES string of the molecule is Cc1ccccc1COc1ccc(CCl)cc1[N+](=O)[O-]. The highest BCUT2D eigenvalue weighted by Gasteiger charge is 2.16. The number of rotatable bonds is 5. The van der Waals surface area contributed by atoms with Gasteiger partial charge in [0.2, 0.25) is 0 Å². The van der Waals surface area contributed by atoms with Gasteiger partial charge < -0.3 is 4.74 Å². The average Bonchev–Trinajstić information content (AvgIpc) is 2.46. The molecule has 2 aromatic rings. The van der Waals surface area contributed by atoms with E-state index >= 15 is 0 Å². The Bertz CT molecular complexity index is 628. The molecular weight excluding hydrogens is 278 g/mol. The lowest BCUT2D eigenvalue weighted by molar-refractivity contribution is -0.386. The third-order valence-corrected chi connectivity index (χ3v) is 3.33. The van der Waals surface area contributed by atoms with Gasteiger partial charge in [-0.1, -0.05) is 30.3 Å². The molecule has 2 rings (SSSR count). The van der Waals surface area contributed by atoms with Crippen molar-refractivity contribution in [3.8, 4) is 5.75 Å². The maximum absolute atomic E-state index is 11.1. The molecule has 5 heteroatoms. The van der Waals surface area contributed by atoms with Crippen molar-refractivity contribution in [2.45, 2.75) is 19.4 Å². The van der Waals surface area contributed by atoms with Crippen molar-refractivity contribution in [2.24, 2.45) is 0 Å². The summed E-state index contributed by atoms with van der Waals surface area (Å²) < 4.78 is 5.58. The van der Waals surface area contributed by atoms with Crippen molar-refractivity contribution in [3.05, 3.63) is 69.3 Å². The standard InChI is InChI=1S/C15H14ClNO3/c1-11-4-2-3-5-13(11)10-20-15-7-6-12(9-16)8-14(15)17(18)19/h2-8H,9-10H2,1H3. The van der Waals surface area contributed by atoms with Gasteiger partial charge in [-0.3, -0.25) is 10.1 Å². The molecule has 0 aliphatic heterocycles. The van der Waals surface area contributed by atoms with Crippen LogP contribution in [0, 0.1) is 17.0 Å². The molecule has 0 amide bonds. The summed E-state index contributed by atoms with van der Waals surface area (Å²) >= 11 is 5.69. The largest absolute Gasteiger partial charge is 0.482 e. The zero-order valence-corrected chi connectivity index (χ0v) is 11.8. The summed E-state index contributed by atoms with van der Waals surface area (Å²) in [7, 11) is 0. The van der Waals surface area contributed by atoms with Crippen molar-refractivity contribution in [2.75, 3.05) is 0 Å². The number of benzene rings is 2. The Morgan fingerprint density at radius 2 is 2.00 bits per heavy atom. The number of ether oxygens (including phenoxy) is 1. The highest BCUT2D eigenvalue weighted by molar-refractivity contribution is 6.17. The van der Waals surface area contributed by atoms with E-state index in [0.717, 1.165) is 11.1 Å². The van der Waals surface area contributed by atoms with Crippen molar-refractivity contribution in [3.63, 3.8) is 0 Å². The van der Waals surface area contributed by atoms with E-state index in [9.17, 15) is 10.1 Å². The van der Waals surface area contributed by atoms with Crippen molar-refractivity contribution < 1.29 is 9.66 Å². The van der Waals surface area contributed by atoms with E-state index in [1.165, 1.54) is 6.07 Å². The smallest absolute Gasteiger partial charge is 0.311 e. The van der Waals surface area contributed by atoms with Gasteiger partial charge in [-0.25, -0.2) is 0 Å². The number of aryl methyl sites for hydroxylation is 1. The minimum atomic E-state index is -0.455. The van der Waals surface area contributed by atoms with Crippen molar-refractivity contribution in [1.29, 1.82) is 0 Å². The summed E-state index contributed by atoms with van der Waals surface area (Å²) in [6.07, 6.45) is 0. The summed E-state index contributed by atoms with van der Waals surface area (Å²) in [6, 6.07) is 12.5. The highest BCUT2D eigenvalue weighted by Crippen LogP contribution is 2.29. The Hall–Kier alpha value is -2.07. The molecule has 0 saturated heterocycles. The summed E-state index contributed by atoms with van der Waals surface area (Å²) in [4.78, 5) is 10.6. The molecule has 0 unspecified atom stereocenters. The molecule has 0 radical (unpaired) electrons. The highest BCUT2D eigenvalue weighted by atomic mass is 35.5. The fourth-order valence-electron chi connectivity index (χ4n) is 1.84. The lowest BCUT2D eigenvalue weighted by Gasteiger charge is -2.09. The minimum absolute atomic E-state index is 0.0586. The lowest BCUT2D eigenvalue weighted by Crippen LogP contribution is -2.01. The van der Waals surface area contributed by atoms with Crippen LogP contribution in [0.3, 0.4) is 0 Å². The van der Waals surface area contributed by atoms with Gasteiger partial charge in [-0.05, 0) is 29.7 Å². The van der Waals surface area contributed by atoms with Gasteiger partial charge in [0.25, 0.3) is 0 Å². The summed E-state index contributed by atoms with van der Waals surface area (Å²) in [5.74, 6) is 0.492. The van der Waals surface area contributed by atoms with E-state index in [0.29, 0.717) is 12.2 Å². The minimum Gasteiger partial charge on any atom is -0.482 e. The van der Waals surface area contributed by atoms with E-state index in [1.807, 2.05) is 31.2 Å². The van der Waals surface area contributed by atoms with Crippen LogP contribution in [0.15, 0.2) is 42.5 Å². The number of nitro groups is 1. The molecule has 0 saturated carbocycles. The van der Waals surface area contributed by atoms with Gasteiger partial charge in [-0.15, -0.1) is 11.6 Å². The number of halogens is 1. The Kier molecular flexibility index (Phi) is 4.58. The summed E-state index contributed by atoms with van der Waals surface area (Å²) in [6.45, 7) is 2.28. The van der Waals surface area contributed by atoms with Gasteiger partial charge in [0, 0.05) is 11.9 Å². The van der Waals surface area contributed by atoms with Crippen LogP contribution >= 0.6 is 11.6 Å². The van der Waals surface area contributed by atoms with Crippen LogP contribution in [0.2, 0.25) is 0 Å². The molecule has 0 bridgehead atoms. The summed E-state index contributed by atoms with van der Waals surface area (Å²) in [5, 5.41) is 11.1. The van der Waals surface area contributed by atoms with Crippen LogP contribution < -0.4 is 4.74 Å². The van der Waals surface area contributed by atoms with Crippen LogP contribution in [0.4, 0.5) is 5.69 Å². The predicted molar refractivity (Wildman–Crippen MR) is 78.2 cm³/mol. The first-order valence-corrected chi connectivity index (χ1v) is 6.66. The Labute approximate surface area is 122 Å². The molecule has 20 heavy (non-hydrogen) atoms. The molecule has 4 nitrogen and oxygen atoms in total. The fourth-order valence-corrected chi connectivity index (χ4v) is 2.00. The van der Waals surface area contributed by atoms with Gasteiger partial charge in [0.1, 0.15) is 6.61 Å².